The van der Waals surface area contributed by atoms with E-state index < -0.39 is 11.4 Å². The van der Waals surface area contributed by atoms with Gasteiger partial charge in [0.25, 0.3) is 0 Å². The van der Waals surface area contributed by atoms with Crippen molar-refractivity contribution < 1.29 is 23.3 Å². The maximum Gasteiger partial charge on any atom is 0.229 e. The van der Waals surface area contributed by atoms with Crippen molar-refractivity contribution in [1.29, 1.82) is 0 Å². The Bertz CT molecular complexity index is 1230. The molecule has 0 bridgehead atoms. The van der Waals surface area contributed by atoms with Crippen LogP contribution < -0.4 is 34.9 Å². The Labute approximate surface area is 196 Å². The molecule has 0 radical (unpaired) electrons. The second-order valence-electron chi connectivity index (χ2n) is 7.81. The first kappa shape index (κ1) is 22.9. The van der Waals surface area contributed by atoms with Crippen molar-refractivity contribution in [2.75, 3.05) is 37.3 Å². The van der Waals surface area contributed by atoms with Crippen molar-refractivity contribution in [1.82, 2.24) is 15.0 Å². The van der Waals surface area contributed by atoms with Gasteiger partial charge in [-0.05, 0) is 26.0 Å². The third kappa shape index (κ3) is 4.45. The number of nitrogens with one attached hydrogen (secondary N) is 3. The number of fused-ring (bicyclic) bond motifs is 1. The van der Waals surface area contributed by atoms with E-state index in [1.54, 1.807) is 24.3 Å². The van der Waals surface area contributed by atoms with Gasteiger partial charge in [0.1, 0.15) is 11.4 Å². The van der Waals surface area contributed by atoms with Crippen LogP contribution in [0.4, 0.5) is 33.5 Å². The highest BCUT2D eigenvalue weighted by Gasteiger charge is 2.31. The van der Waals surface area contributed by atoms with Gasteiger partial charge in [-0.15, -0.1) is 0 Å². The monoisotopic (exact) mass is 468 g/mol. The lowest BCUT2D eigenvalue weighted by Gasteiger charge is -2.34. The maximum atomic E-state index is 14.5. The number of anilines is 5. The van der Waals surface area contributed by atoms with Crippen molar-refractivity contribution in [3.8, 4) is 23.0 Å². The van der Waals surface area contributed by atoms with Gasteiger partial charge in [0.2, 0.25) is 11.7 Å². The largest absolute Gasteiger partial charge is 0.493 e. The predicted molar refractivity (Wildman–Crippen MR) is 126 cm³/mol. The summed E-state index contributed by atoms with van der Waals surface area (Å²) in [4.78, 5) is 12.7. The van der Waals surface area contributed by atoms with Crippen LogP contribution in [0.1, 0.15) is 13.8 Å². The zero-order valence-electron chi connectivity index (χ0n) is 19.4. The number of pyridine rings is 1. The minimum Gasteiger partial charge on any atom is -0.493 e. The van der Waals surface area contributed by atoms with Gasteiger partial charge in [0.15, 0.2) is 34.7 Å². The van der Waals surface area contributed by atoms with Crippen LogP contribution in [0.5, 0.6) is 23.0 Å². The molecule has 3 heterocycles. The van der Waals surface area contributed by atoms with E-state index in [9.17, 15) is 4.39 Å². The van der Waals surface area contributed by atoms with Crippen LogP contribution >= 0.6 is 0 Å². The van der Waals surface area contributed by atoms with Crippen LogP contribution in [0.25, 0.3) is 0 Å². The van der Waals surface area contributed by atoms with Crippen LogP contribution in [-0.2, 0) is 0 Å². The summed E-state index contributed by atoms with van der Waals surface area (Å²) in [6.07, 6.45) is 1.06. The normalized spacial score (nSPS) is 13.8. The van der Waals surface area contributed by atoms with E-state index in [0.717, 1.165) is 6.20 Å². The first-order valence-electron chi connectivity index (χ1n) is 10.3. The number of ether oxygens (including phenoxy) is 4. The summed E-state index contributed by atoms with van der Waals surface area (Å²) in [5, 5.41) is 9.01. The first-order valence-corrected chi connectivity index (χ1v) is 10.3. The molecule has 4 rings (SSSR count). The van der Waals surface area contributed by atoms with Gasteiger partial charge < -0.3 is 34.9 Å². The second-order valence-corrected chi connectivity index (χ2v) is 7.81. The third-order valence-corrected chi connectivity index (χ3v) is 5.13. The molecule has 2 aromatic heterocycles. The topological polar surface area (TPSA) is 112 Å². The van der Waals surface area contributed by atoms with Gasteiger partial charge >= 0.3 is 0 Å². The highest BCUT2D eigenvalue weighted by molar-refractivity contribution is 5.67. The first-order chi connectivity index (χ1) is 16.2. The molecule has 0 saturated heterocycles. The average molecular weight is 468 g/mol. The number of hydrogen-bond acceptors (Lipinski definition) is 10. The minimum absolute atomic E-state index is 0.0618. The lowest BCUT2D eigenvalue weighted by Crippen LogP contribution is -2.37. The fraction of sp³-hybridized carbons (Fsp3) is 0.261. The van der Waals surface area contributed by atoms with Gasteiger partial charge in [-0.2, -0.15) is 4.98 Å². The van der Waals surface area contributed by atoms with Gasteiger partial charge in [-0.1, -0.05) is 6.58 Å². The Hall–Kier alpha value is -4.28. The van der Waals surface area contributed by atoms with Crippen molar-refractivity contribution in [3.63, 3.8) is 0 Å². The second kappa shape index (κ2) is 8.93. The molecule has 3 N–H and O–H groups in total. The number of benzene rings is 1. The van der Waals surface area contributed by atoms with E-state index in [0.29, 0.717) is 46.0 Å². The Morgan fingerprint density at radius 2 is 1.74 bits per heavy atom. The fourth-order valence-corrected chi connectivity index (χ4v) is 3.24. The van der Waals surface area contributed by atoms with E-state index in [1.165, 1.54) is 21.3 Å². The number of nitrogens with zero attached hydrogens (tertiary/aromatic N) is 3. The van der Waals surface area contributed by atoms with Crippen molar-refractivity contribution >= 4 is 29.1 Å². The molecule has 1 aromatic carbocycles. The predicted octanol–water partition coefficient (Wildman–Crippen LogP) is 4.62. The van der Waals surface area contributed by atoms with Gasteiger partial charge in [0, 0.05) is 17.8 Å². The van der Waals surface area contributed by atoms with Crippen LogP contribution in [0.2, 0.25) is 0 Å². The van der Waals surface area contributed by atoms with Crippen LogP contribution in [0.15, 0.2) is 42.7 Å². The molecule has 1 aliphatic heterocycles. The van der Waals surface area contributed by atoms with Crippen molar-refractivity contribution in [3.05, 3.63) is 48.6 Å². The Morgan fingerprint density at radius 1 is 1.03 bits per heavy atom. The van der Waals surface area contributed by atoms with Gasteiger partial charge in [0.05, 0.1) is 33.2 Å². The number of halogens is 1. The lowest BCUT2D eigenvalue weighted by molar-refractivity contribution is 0.144. The Kier molecular flexibility index (Phi) is 6.01. The molecule has 0 spiro atoms. The zero-order chi connectivity index (χ0) is 24.5. The van der Waals surface area contributed by atoms with E-state index in [-0.39, 0.29) is 11.8 Å². The summed E-state index contributed by atoms with van der Waals surface area (Å²) in [7, 11) is 4.54. The molecule has 11 heteroatoms. The van der Waals surface area contributed by atoms with E-state index >= 15 is 0 Å². The van der Waals surface area contributed by atoms with Crippen LogP contribution in [0.3, 0.4) is 0 Å². The summed E-state index contributed by atoms with van der Waals surface area (Å²) >= 11 is 0. The molecule has 0 atom stereocenters. The summed E-state index contributed by atoms with van der Waals surface area (Å²) in [5.41, 5.74) is 0.645. The molecular formula is C23H25FN6O4. The third-order valence-electron chi connectivity index (χ3n) is 5.13. The van der Waals surface area contributed by atoms with Crippen LogP contribution in [0, 0.1) is 5.82 Å². The molecule has 3 aromatic rings. The molecule has 178 valence electrons. The highest BCUT2D eigenvalue weighted by atomic mass is 19.1. The molecule has 34 heavy (non-hydrogen) atoms. The van der Waals surface area contributed by atoms with Crippen molar-refractivity contribution in [2.24, 2.45) is 0 Å². The number of aromatic nitrogens is 3. The molecule has 0 amide bonds. The number of methoxy groups -OCH3 is 3. The summed E-state index contributed by atoms with van der Waals surface area (Å²) in [6.45, 7) is 7.77. The van der Waals surface area contributed by atoms with Crippen molar-refractivity contribution in [2.45, 2.75) is 19.4 Å². The number of rotatable bonds is 7. The summed E-state index contributed by atoms with van der Waals surface area (Å²) in [5.74, 6) is 2.17. The molecule has 0 saturated carbocycles. The van der Waals surface area contributed by atoms with E-state index in [1.807, 2.05) is 13.8 Å². The average Bonchev–Trinajstić information content (AvgIpc) is 2.81. The number of hydrogen-bond donors (Lipinski definition) is 3. The van der Waals surface area contributed by atoms with E-state index in [4.69, 9.17) is 18.9 Å². The van der Waals surface area contributed by atoms with Crippen LogP contribution in [-0.4, -0.2) is 41.9 Å². The smallest absolute Gasteiger partial charge is 0.229 e. The summed E-state index contributed by atoms with van der Waals surface area (Å²) < 4.78 is 36.4. The molecule has 0 fully saturated rings. The Morgan fingerprint density at radius 3 is 2.38 bits per heavy atom. The van der Waals surface area contributed by atoms with Gasteiger partial charge in [-0.3, -0.25) is 0 Å². The molecule has 0 aliphatic carbocycles. The lowest BCUT2D eigenvalue weighted by atomic mass is 10.0. The minimum atomic E-state index is -0.648. The molecular weight excluding hydrogens is 443 g/mol. The zero-order valence-corrected chi connectivity index (χ0v) is 19.4. The SMILES string of the molecule is C=C1Nc2nc(Nc3nc(Nc4cc(OC)c(OC)c(OC)c4)ncc3F)ccc2OC1(C)C. The highest BCUT2D eigenvalue weighted by Crippen LogP contribution is 2.40. The molecule has 0 unspecified atom stereocenters. The fourth-order valence-electron chi connectivity index (χ4n) is 3.24. The molecule has 10 nitrogen and oxygen atoms in total. The Balaban J connectivity index is 1.58. The molecule has 1 aliphatic rings. The quantitative estimate of drug-likeness (QED) is 0.454. The maximum absolute atomic E-state index is 14.5. The standard InChI is InChI=1S/C23H25FN6O4/c1-12-23(2,3)34-15-7-8-18(29-21(15)26-12)28-20-14(24)11-25-22(30-20)27-13-9-16(31-4)19(33-6)17(10-13)32-5/h7-11H,1H2,2-6H3,(H3,25,26,27,28,29,30). The van der Waals surface area contributed by atoms with Gasteiger partial charge in [-0.25, -0.2) is 14.4 Å². The van der Waals surface area contributed by atoms with E-state index in [2.05, 4.69) is 37.5 Å². The summed E-state index contributed by atoms with van der Waals surface area (Å²) in [6, 6.07) is 6.77.